The number of amides is 2. The van der Waals surface area contributed by atoms with Crippen molar-refractivity contribution in [3.63, 3.8) is 0 Å². The third-order valence-electron chi connectivity index (χ3n) is 6.80. The molecule has 1 fully saturated rings. The summed E-state index contributed by atoms with van der Waals surface area (Å²) >= 11 is 5.96. The molecular weight excluding hydrogens is 504 g/mol. The number of para-hydroxylation sites is 2. The van der Waals surface area contributed by atoms with E-state index in [2.05, 4.69) is 15.4 Å². The smallest absolute Gasteiger partial charge is 0.289 e. The number of aromatic nitrogens is 4. The fourth-order valence-corrected chi connectivity index (χ4v) is 4.93. The van der Waals surface area contributed by atoms with Gasteiger partial charge in [-0.2, -0.15) is 5.10 Å². The molecule has 6 rings (SSSR count). The third-order valence-corrected chi connectivity index (χ3v) is 7.05. The summed E-state index contributed by atoms with van der Waals surface area (Å²) in [6.45, 7) is 1.35. The highest BCUT2D eigenvalue weighted by Crippen LogP contribution is 2.27. The number of nitrogens with one attached hydrogen (secondary N) is 1. The maximum absolute atomic E-state index is 13.0. The molecule has 1 aliphatic rings. The van der Waals surface area contributed by atoms with E-state index in [0.29, 0.717) is 35.3 Å². The predicted octanol–water partition coefficient (Wildman–Crippen LogP) is 5.26. The molecule has 1 saturated heterocycles. The lowest BCUT2D eigenvalue weighted by molar-refractivity contribution is -0.116. The van der Waals surface area contributed by atoms with Crippen LogP contribution < -0.4 is 5.32 Å². The van der Waals surface area contributed by atoms with Gasteiger partial charge in [-0.25, -0.2) is 4.98 Å². The first-order chi connectivity index (χ1) is 18.5. The van der Waals surface area contributed by atoms with E-state index in [4.69, 9.17) is 16.0 Å². The normalized spacial score (nSPS) is 14.2. The zero-order valence-corrected chi connectivity index (χ0v) is 21.2. The van der Waals surface area contributed by atoms with Gasteiger partial charge in [0, 0.05) is 29.9 Å². The fraction of sp³-hybridized carbons (Fsp3) is 0.214. The summed E-state index contributed by atoms with van der Waals surface area (Å²) in [7, 11) is 0. The number of fused-ring (bicyclic) bond motifs is 1. The molecule has 2 amide bonds. The molecule has 192 valence electrons. The summed E-state index contributed by atoms with van der Waals surface area (Å²) in [5, 5.41) is 8.03. The second kappa shape index (κ2) is 10.2. The molecule has 0 radical (unpaired) electrons. The maximum atomic E-state index is 13.0. The van der Waals surface area contributed by atoms with Crippen LogP contribution in [0.5, 0.6) is 0 Å². The van der Waals surface area contributed by atoms with Crippen LogP contribution in [0.4, 0.5) is 5.69 Å². The average molecular weight is 529 g/mol. The minimum absolute atomic E-state index is 0.121. The van der Waals surface area contributed by atoms with E-state index < -0.39 is 0 Å². The highest BCUT2D eigenvalue weighted by Gasteiger charge is 2.27. The van der Waals surface area contributed by atoms with E-state index in [1.54, 1.807) is 36.8 Å². The van der Waals surface area contributed by atoms with Crippen molar-refractivity contribution in [2.24, 2.45) is 0 Å². The van der Waals surface area contributed by atoms with Crippen LogP contribution in [-0.4, -0.2) is 49.1 Å². The number of halogens is 1. The van der Waals surface area contributed by atoms with Crippen LogP contribution in [0, 0.1) is 0 Å². The van der Waals surface area contributed by atoms with Crippen LogP contribution in [-0.2, 0) is 11.3 Å². The van der Waals surface area contributed by atoms with Crippen LogP contribution >= 0.6 is 11.6 Å². The Morgan fingerprint density at radius 2 is 1.82 bits per heavy atom. The first kappa shape index (κ1) is 24.0. The van der Waals surface area contributed by atoms with Crippen LogP contribution in [0.25, 0.3) is 22.4 Å². The van der Waals surface area contributed by atoms with Gasteiger partial charge in [-0.1, -0.05) is 23.7 Å². The molecule has 5 aromatic rings. The number of carbonyl (C=O) groups is 2. The van der Waals surface area contributed by atoms with Gasteiger partial charge in [-0.05, 0) is 61.4 Å². The molecular formula is C28H25ClN6O3. The van der Waals surface area contributed by atoms with E-state index in [0.717, 1.165) is 29.4 Å². The van der Waals surface area contributed by atoms with Gasteiger partial charge in [0.25, 0.3) is 5.91 Å². The molecule has 1 N–H and O–H groups in total. The Labute approximate surface area is 223 Å². The van der Waals surface area contributed by atoms with Crippen molar-refractivity contribution in [3.8, 4) is 11.3 Å². The molecule has 4 heterocycles. The van der Waals surface area contributed by atoms with Crippen molar-refractivity contribution < 1.29 is 14.0 Å². The van der Waals surface area contributed by atoms with Crippen molar-refractivity contribution in [2.75, 3.05) is 18.4 Å². The molecule has 0 aliphatic carbocycles. The second-order valence-electron chi connectivity index (χ2n) is 9.31. The number of nitrogens with zero attached hydrogens (tertiary/aromatic N) is 5. The van der Waals surface area contributed by atoms with Gasteiger partial charge < -0.3 is 19.2 Å². The minimum Gasteiger partial charge on any atom is -0.451 e. The largest absolute Gasteiger partial charge is 0.451 e. The SMILES string of the molecule is O=C(Cn1cnc2ccccc21)Nc1cnn(C2CCN(C(=O)c3ccc(-c4ccc(Cl)cc4)o3)CC2)c1. The Balaban J connectivity index is 1.03. The minimum atomic E-state index is -0.149. The summed E-state index contributed by atoms with van der Waals surface area (Å²) in [5.74, 6) is 0.684. The first-order valence-corrected chi connectivity index (χ1v) is 12.8. The number of rotatable bonds is 6. The quantitative estimate of drug-likeness (QED) is 0.324. The van der Waals surface area contributed by atoms with Gasteiger partial charge in [-0.3, -0.25) is 14.3 Å². The number of benzene rings is 2. The number of carbonyl (C=O) groups excluding carboxylic acids is 2. The molecule has 2 aromatic carbocycles. The Kier molecular flexibility index (Phi) is 6.43. The molecule has 1 aliphatic heterocycles. The van der Waals surface area contributed by atoms with Gasteiger partial charge in [-0.15, -0.1) is 0 Å². The molecule has 0 saturated carbocycles. The van der Waals surface area contributed by atoms with Crippen molar-refractivity contribution in [1.82, 2.24) is 24.2 Å². The van der Waals surface area contributed by atoms with E-state index >= 15 is 0 Å². The maximum Gasteiger partial charge on any atom is 0.289 e. The van der Waals surface area contributed by atoms with Gasteiger partial charge in [0.2, 0.25) is 5.91 Å². The lowest BCUT2D eigenvalue weighted by atomic mass is 10.1. The van der Waals surface area contributed by atoms with Crippen molar-refractivity contribution >= 4 is 40.1 Å². The summed E-state index contributed by atoms with van der Waals surface area (Å²) in [6.07, 6.45) is 6.68. The molecule has 3 aromatic heterocycles. The zero-order valence-electron chi connectivity index (χ0n) is 20.5. The monoisotopic (exact) mass is 528 g/mol. The van der Waals surface area contributed by atoms with Gasteiger partial charge in [0.1, 0.15) is 12.3 Å². The zero-order chi connectivity index (χ0) is 26.1. The van der Waals surface area contributed by atoms with Crippen LogP contribution in [0.1, 0.15) is 29.4 Å². The van der Waals surface area contributed by atoms with Gasteiger partial charge in [0.05, 0.1) is 35.3 Å². The number of hydrogen-bond acceptors (Lipinski definition) is 5. The highest BCUT2D eigenvalue weighted by atomic mass is 35.5. The number of imidazole rings is 1. The van der Waals surface area contributed by atoms with E-state index in [-0.39, 0.29) is 24.4 Å². The van der Waals surface area contributed by atoms with E-state index in [1.807, 2.05) is 56.7 Å². The van der Waals surface area contributed by atoms with E-state index in [1.165, 1.54) is 0 Å². The van der Waals surface area contributed by atoms with Crippen LogP contribution in [0.3, 0.4) is 0 Å². The molecule has 0 spiro atoms. The number of furan rings is 1. The number of likely N-dealkylation sites (tertiary alicyclic amines) is 1. The fourth-order valence-electron chi connectivity index (χ4n) is 4.81. The number of anilines is 1. The molecule has 9 nitrogen and oxygen atoms in total. The lowest BCUT2D eigenvalue weighted by Crippen LogP contribution is -2.39. The Morgan fingerprint density at radius 3 is 2.63 bits per heavy atom. The summed E-state index contributed by atoms with van der Waals surface area (Å²) < 4.78 is 9.53. The van der Waals surface area contributed by atoms with Gasteiger partial charge in [0.15, 0.2) is 5.76 Å². The number of hydrogen-bond donors (Lipinski definition) is 1. The average Bonchev–Trinajstić information content (AvgIpc) is 3.70. The van der Waals surface area contributed by atoms with Gasteiger partial charge >= 0.3 is 0 Å². The molecule has 38 heavy (non-hydrogen) atoms. The lowest BCUT2D eigenvalue weighted by Gasteiger charge is -2.31. The Bertz CT molecular complexity index is 1590. The summed E-state index contributed by atoms with van der Waals surface area (Å²) in [4.78, 5) is 31.8. The highest BCUT2D eigenvalue weighted by molar-refractivity contribution is 6.30. The van der Waals surface area contributed by atoms with Crippen molar-refractivity contribution in [3.05, 3.63) is 90.2 Å². The topological polar surface area (TPSA) is 98.2 Å². The van der Waals surface area contributed by atoms with Crippen LogP contribution in [0.15, 0.2) is 83.8 Å². The van der Waals surface area contributed by atoms with Crippen LogP contribution in [0.2, 0.25) is 5.02 Å². The van der Waals surface area contributed by atoms with E-state index in [9.17, 15) is 9.59 Å². The first-order valence-electron chi connectivity index (χ1n) is 12.4. The molecule has 0 unspecified atom stereocenters. The summed E-state index contributed by atoms with van der Waals surface area (Å²) in [6, 6.07) is 18.7. The number of piperidine rings is 1. The second-order valence-corrected chi connectivity index (χ2v) is 9.75. The Morgan fingerprint density at radius 1 is 1.03 bits per heavy atom. The van der Waals surface area contributed by atoms with Crippen molar-refractivity contribution in [2.45, 2.75) is 25.4 Å². The van der Waals surface area contributed by atoms with Crippen molar-refractivity contribution in [1.29, 1.82) is 0 Å². The standard InChI is InChI=1S/C28H25ClN6O3/c29-20-7-5-19(6-8-20)25-9-10-26(38-25)28(37)33-13-11-22(12-14-33)35-16-21(15-31-35)32-27(36)17-34-18-30-23-3-1-2-4-24(23)34/h1-10,15-16,18,22H,11-14,17H2,(H,32,36). The summed E-state index contributed by atoms with van der Waals surface area (Å²) in [5.41, 5.74) is 3.28. The molecule has 0 atom stereocenters. The molecule has 0 bridgehead atoms. The Hall–Kier alpha value is -4.37. The molecule has 10 heteroatoms. The predicted molar refractivity (Wildman–Crippen MR) is 144 cm³/mol. The third kappa shape index (κ3) is 4.92.